The van der Waals surface area contributed by atoms with Crippen LogP contribution in [0.15, 0.2) is 18.3 Å². The Labute approximate surface area is 77.4 Å². The first-order chi connectivity index (χ1) is 6.22. The number of amides is 1. The van der Waals surface area contributed by atoms with Gasteiger partial charge in [0.05, 0.1) is 6.54 Å². The van der Waals surface area contributed by atoms with Crippen molar-refractivity contribution in [2.24, 2.45) is 0 Å². The summed E-state index contributed by atoms with van der Waals surface area (Å²) in [7, 11) is 1.73. The molecule has 70 valence electrons. The Bertz CT molecular complexity index is 299. The van der Waals surface area contributed by atoms with Crippen molar-refractivity contribution >= 4 is 11.7 Å². The highest BCUT2D eigenvalue weighted by Crippen LogP contribution is 2.04. The van der Waals surface area contributed by atoms with Crippen LogP contribution in [0.3, 0.4) is 0 Å². The number of carbonyl (C=O) groups excluding carboxylic acids is 1. The number of likely N-dealkylation sites (N-methyl/N-ethyl adjacent to an activating group) is 1. The molecule has 1 amide bonds. The van der Waals surface area contributed by atoms with Crippen LogP contribution in [0.1, 0.15) is 5.56 Å². The summed E-state index contributed by atoms with van der Waals surface area (Å²) in [6.07, 6.45) is 1.67. The number of pyridine rings is 1. The van der Waals surface area contributed by atoms with Crippen LogP contribution >= 0.6 is 0 Å². The van der Waals surface area contributed by atoms with Gasteiger partial charge in [-0.15, -0.1) is 0 Å². The summed E-state index contributed by atoms with van der Waals surface area (Å²) >= 11 is 0. The molecule has 1 heterocycles. The second-order valence-corrected chi connectivity index (χ2v) is 2.80. The molecule has 0 radical (unpaired) electrons. The molecule has 0 spiro atoms. The van der Waals surface area contributed by atoms with Crippen LogP contribution in [0, 0.1) is 6.92 Å². The maximum atomic E-state index is 11.1. The monoisotopic (exact) mass is 179 g/mol. The first kappa shape index (κ1) is 9.67. The van der Waals surface area contributed by atoms with E-state index in [0.29, 0.717) is 12.4 Å². The van der Waals surface area contributed by atoms with Crippen LogP contribution in [0.25, 0.3) is 0 Å². The summed E-state index contributed by atoms with van der Waals surface area (Å²) in [4.78, 5) is 15.1. The molecule has 1 aromatic rings. The van der Waals surface area contributed by atoms with Gasteiger partial charge < -0.3 is 10.6 Å². The van der Waals surface area contributed by atoms with Gasteiger partial charge in [-0.1, -0.05) is 0 Å². The van der Waals surface area contributed by atoms with Gasteiger partial charge in [0, 0.05) is 6.20 Å². The molecule has 0 atom stereocenters. The average Bonchev–Trinajstić information content (AvgIpc) is 2.04. The molecule has 0 saturated carbocycles. The molecule has 0 saturated heterocycles. The first-order valence-corrected chi connectivity index (χ1v) is 4.09. The van der Waals surface area contributed by atoms with Crippen LogP contribution in [0.4, 0.5) is 5.82 Å². The lowest BCUT2D eigenvalue weighted by Crippen LogP contribution is -2.25. The summed E-state index contributed by atoms with van der Waals surface area (Å²) < 4.78 is 0. The Morgan fingerprint density at radius 3 is 3.00 bits per heavy atom. The molecule has 0 fully saturated rings. The van der Waals surface area contributed by atoms with Crippen LogP contribution in [0.2, 0.25) is 0 Å². The van der Waals surface area contributed by atoms with E-state index in [4.69, 9.17) is 0 Å². The zero-order valence-corrected chi connectivity index (χ0v) is 7.79. The third kappa shape index (κ3) is 3.21. The largest absolute Gasteiger partial charge is 0.311 e. The zero-order chi connectivity index (χ0) is 9.68. The van der Waals surface area contributed by atoms with Gasteiger partial charge in [-0.25, -0.2) is 4.98 Å². The van der Waals surface area contributed by atoms with E-state index in [0.717, 1.165) is 5.56 Å². The molecule has 0 aliphatic carbocycles. The first-order valence-electron chi connectivity index (χ1n) is 4.09. The lowest BCUT2D eigenvalue weighted by Gasteiger charge is -2.03. The number of aromatic nitrogens is 1. The highest BCUT2D eigenvalue weighted by Gasteiger charge is 2.00. The molecular weight excluding hydrogens is 166 g/mol. The quantitative estimate of drug-likeness (QED) is 0.712. The Hall–Kier alpha value is -1.42. The van der Waals surface area contributed by atoms with E-state index in [-0.39, 0.29) is 5.91 Å². The van der Waals surface area contributed by atoms with Crippen molar-refractivity contribution in [3.8, 4) is 0 Å². The maximum Gasteiger partial charge on any atom is 0.239 e. The van der Waals surface area contributed by atoms with Crippen molar-refractivity contribution in [2.75, 3.05) is 18.9 Å². The lowest BCUT2D eigenvalue weighted by molar-refractivity contribution is -0.115. The van der Waals surface area contributed by atoms with Crippen LogP contribution < -0.4 is 10.6 Å². The van der Waals surface area contributed by atoms with Gasteiger partial charge in [-0.3, -0.25) is 4.79 Å². The van der Waals surface area contributed by atoms with Crippen LogP contribution in [0.5, 0.6) is 0 Å². The number of carbonyl (C=O) groups is 1. The molecule has 13 heavy (non-hydrogen) atoms. The summed E-state index contributed by atoms with van der Waals surface area (Å²) in [6, 6.07) is 3.71. The van der Waals surface area contributed by atoms with Crippen LogP contribution in [-0.2, 0) is 4.79 Å². The Balaban J connectivity index is 2.58. The fourth-order valence-corrected chi connectivity index (χ4v) is 0.952. The van der Waals surface area contributed by atoms with Crippen LogP contribution in [-0.4, -0.2) is 24.5 Å². The van der Waals surface area contributed by atoms with Gasteiger partial charge in [0.1, 0.15) is 5.82 Å². The predicted molar refractivity (Wildman–Crippen MR) is 51.5 cm³/mol. The molecule has 0 aliphatic heterocycles. The van der Waals surface area contributed by atoms with E-state index in [1.165, 1.54) is 0 Å². The number of nitrogens with zero attached hydrogens (tertiary/aromatic N) is 1. The van der Waals surface area contributed by atoms with Gasteiger partial charge in [0.2, 0.25) is 5.91 Å². The molecule has 0 aliphatic rings. The standard InChI is InChI=1S/C9H13N3O/c1-7-3-4-11-8(5-7)12-9(13)6-10-2/h3-5,10H,6H2,1-2H3,(H,11,12,13). The number of nitrogens with one attached hydrogen (secondary N) is 2. The Kier molecular flexibility index (Phi) is 3.40. The third-order valence-electron chi connectivity index (χ3n) is 1.52. The third-order valence-corrected chi connectivity index (χ3v) is 1.52. The predicted octanol–water partition coefficient (Wildman–Crippen LogP) is 0.548. The summed E-state index contributed by atoms with van der Waals surface area (Å²) in [5, 5.41) is 5.43. The summed E-state index contributed by atoms with van der Waals surface area (Å²) in [5.74, 6) is 0.515. The second-order valence-electron chi connectivity index (χ2n) is 2.80. The molecule has 1 aromatic heterocycles. The molecule has 2 N–H and O–H groups in total. The van der Waals surface area contributed by atoms with E-state index in [1.54, 1.807) is 13.2 Å². The molecule has 0 aromatic carbocycles. The van der Waals surface area contributed by atoms with Crippen molar-refractivity contribution in [3.63, 3.8) is 0 Å². The number of aryl methyl sites for hydroxylation is 1. The molecule has 0 bridgehead atoms. The minimum Gasteiger partial charge on any atom is -0.311 e. The molecule has 1 rings (SSSR count). The smallest absolute Gasteiger partial charge is 0.239 e. The van der Waals surface area contributed by atoms with E-state index in [9.17, 15) is 4.79 Å². The number of anilines is 1. The van der Waals surface area contributed by atoms with Gasteiger partial charge in [0.25, 0.3) is 0 Å². The Morgan fingerprint density at radius 2 is 2.38 bits per heavy atom. The van der Waals surface area contributed by atoms with Gasteiger partial charge in [-0.05, 0) is 31.7 Å². The highest BCUT2D eigenvalue weighted by atomic mass is 16.1. The SMILES string of the molecule is CNCC(=O)Nc1cc(C)ccn1. The number of hydrogen-bond donors (Lipinski definition) is 2. The Morgan fingerprint density at radius 1 is 1.62 bits per heavy atom. The highest BCUT2D eigenvalue weighted by molar-refractivity contribution is 5.91. The van der Waals surface area contributed by atoms with Crippen molar-refractivity contribution in [3.05, 3.63) is 23.9 Å². The molecule has 4 nitrogen and oxygen atoms in total. The normalized spacial score (nSPS) is 9.69. The number of rotatable bonds is 3. The van der Waals surface area contributed by atoms with E-state index in [2.05, 4.69) is 15.6 Å². The van der Waals surface area contributed by atoms with Crippen molar-refractivity contribution in [1.82, 2.24) is 10.3 Å². The van der Waals surface area contributed by atoms with Crippen molar-refractivity contribution in [1.29, 1.82) is 0 Å². The minimum absolute atomic E-state index is 0.0828. The van der Waals surface area contributed by atoms with E-state index in [1.807, 2.05) is 19.1 Å². The zero-order valence-electron chi connectivity index (χ0n) is 7.79. The van der Waals surface area contributed by atoms with Gasteiger partial charge >= 0.3 is 0 Å². The maximum absolute atomic E-state index is 11.1. The lowest BCUT2D eigenvalue weighted by atomic mass is 10.3. The second kappa shape index (κ2) is 4.57. The van der Waals surface area contributed by atoms with Crippen molar-refractivity contribution in [2.45, 2.75) is 6.92 Å². The minimum atomic E-state index is -0.0828. The van der Waals surface area contributed by atoms with Crippen molar-refractivity contribution < 1.29 is 4.79 Å². The van der Waals surface area contributed by atoms with E-state index >= 15 is 0 Å². The van der Waals surface area contributed by atoms with Gasteiger partial charge in [-0.2, -0.15) is 0 Å². The van der Waals surface area contributed by atoms with E-state index < -0.39 is 0 Å². The summed E-state index contributed by atoms with van der Waals surface area (Å²) in [5.41, 5.74) is 1.08. The molecule has 0 unspecified atom stereocenters. The fourth-order valence-electron chi connectivity index (χ4n) is 0.952. The molecular formula is C9H13N3O. The average molecular weight is 179 g/mol. The number of hydrogen-bond acceptors (Lipinski definition) is 3. The molecule has 4 heteroatoms. The van der Waals surface area contributed by atoms with Gasteiger partial charge in [0.15, 0.2) is 0 Å². The summed E-state index contributed by atoms with van der Waals surface area (Å²) in [6.45, 7) is 2.25. The topological polar surface area (TPSA) is 54.0 Å². The fraction of sp³-hybridized carbons (Fsp3) is 0.333.